The van der Waals surface area contributed by atoms with E-state index in [2.05, 4.69) is 14.9 Å². The Hall–Kier alpha value is -1.20. The van der Waals surface area contributed by atoms with E-state index in [1.165, 1.54) is 12.4 Å². The molecule has 0 radical (unpaired) electrons. The van der Waals surface area contributed by atoms with Crippen molar-refractivity contribution >= 4 is 17.5 Å². The second-order valence-corrected chi connectivity index (χ2v) is 5.12. The first-order valence-electron chi connectivity index (χ1n) is 6.01. The van der Waals surface area contributed by atoms with Crippen LogP contribution in [-0.4, -0.2) is 58.9 Å². The Balaban J connectivity index is 2.06. The highest BCUT2D eigenvalue weighted by atomic mass is 35.5. The molecule has 1 unspecified atom stereocenters. The minimum atomic E-state index is -0.0642. The number of rotatable bonds is 2. The van der Waals surface area contributed by atoms with Gasteiger partial charge in [0.1, 0.15) is 10.8 Å². The van der Waals surface area contributed by atoms with Crippen LogP contribution in [0.25, 0.3) is 0 Å². The van der Waals surface area contributed by atoms with Crippen LogP contribution in [0.3, 0.4) is 0 Å². The predicted octanol–water partition coefficient (Wildman–Crippen LogP) is 1.30. The molecule has 0 aliphatic carbocycles. The second-order valence-electron chi connectivity index (χ2n) is 4.74. The smallest absolute Gasteiger partial charge is 0.274 e. The van der Waals surface area contributed by atoms with E-state index < -0.39 is 0 Å². The van der Waals surface area contributed by atoms with Gasteiger partial charge in [0.2, 0.25) is 0 Å². The summed E-state index contributed by atoms with van der Waals surface area (Å²) >= 11 is 5.66. The van der Waals surface area contributed by atoms with Crippen molar-refractivity contribution < 1.29 is 4.79 Å². The van der Waals surface area contributed by atoms with Crippen molar-refractivity contribution in [2.75, 3.05) is 27.2 Å². The Morgan fingerprint density at radius 2 is 2.22 bits per heavy atom. The average molecular weight is 269 g/mol. The van der Waals surface area contributed by atoms with Gasteiger partial charge in [-0.2, -0.15) is 0 Å². The van der Waals surface area contributed by atoms with Crippen LogP contribution < -0.4 is 0 Å². The molecule has 1 saturated heterocycles. The summed E-state index contributed by atoms with van der Waals surface area (Å²) in [4.78, 5) is 24.2. The molecular weight excluding hydrogens is 252 g/mol. The van der Waals surface area contributed by atoms with Crippen LogP contribution in [0.2, 0.25) is 5.15 Å². The van der Waals surface area contributed by atoms with Gasteiger partial charge in [-0.05, 0) is 26.9 Å². The number of nitrogens with zero attached hydrogens (tertiary/aromatic N) is 4. The Bertz CT molecular complexity index is 421. The summed E-state index contributed by atoms with van der Waals surface area (Å²) in [6, 6.07) is 0.419. The van der Waals surface area contributed by atoms with E-state index in [0.29, 0.717) is 16.9 Å². The maximum atomic E-state index is 12.2. The van der Waals surface area contributed by atoms with Gasteiger partial charge in [0.15, 0.2) is 0 Å². The molecule has 1 aliphatic heterocycles. The largest absolute Gasteiger partial charge is 0.336 e. The quantitative estimate of drug-likeness (QED) is 0.811. The molecule has 98 valence electrons. The molecule has 1 amide bonds. The van der Waals surface area contributed by atoms with Crippen molar-refractivity contribution in [1.82, 2.24) is 19.8 Å². The summed E-state index contributed by atoms with van der Waals surface area (Å²) in [7, 11) is 4.08. The number of carbonyl (C=O) groups excluding carboxylic acids is 1. The summed E-state index contributed by atoms with van der Waals surface area (Å²) in [5.74, 6) is -0.0642. The van der Waals surface area contributed by atoms with Crippen LogP contribution in [0, 0.1) is 0 Å². The van der Waals surface area contributed by atoms with Crippen LogP contribution in [0.15, 0.2) is 12.4 Å². The lowest BCUT2D eigenvalue weighted by molar-refractivity contribution is 0.0629. The van der Waals surface area contributed by atoms with E-state index in [9.17, 15) is 4.79 Å². The summed E-state index contributed by atoms with van der Waals surface area (Å²) in [6.07, 6.45) is 4.99. The van der Waals surface area contributed by atoms with E-state index >= 15 is 0 Å². The van der Waals surface area contributed by atoms with E-state index in [4.69, 9.17) is 11.6 Å². The van der Waals surface area contributed by atoms with Crippen molar-refractivity contribution in [3.05, 3.63) is 23.2 Å². The number of amides is 1. The summed E-state index contributed by atoms with van der Waals surface area (Å²) < 4.78 is 0. The lowest BCUT2D eigenvalue weighted by Gasteiger charge is -2.35. The molecule has 0 saturated carbocycles. The molecule has 6 heteroatoms. The normalized spacial score (nSPS) is 20.2. The second kappa shape index (κ2) is 5.63. The highest BCUT2D eigenvalue weighted by Gasteiger charge is 2.26. The highest BCUT2D eigenvalue weighted by Crippen LogP contribution is 2.15. The summed E-state index contributed by atoms with van der Waals surface area (Å²) in [5.41, 5.74) is 0.360. The third kappa shape index (κ3) is 2.97. The number of piperidine rings is 1. The molecule has 0 N–H and O–H groups in total. The summed E-state index contributed by atoms with van der Waals surface area (Å²) in [5, 5.41) is 0.302. The van der Waals surface area contributed by atoms with E-state index in [0.717, 1.165) is 25.9 Å². The van der Waals surface area contributed by atoms with Gasteiger partial charge in [-0.15, -0.1) is 0 Å². The van der Waals surface area contributed by atoms with Gasteiger partial charge < -0.3 is 9.80 Å². The third-order valence-corrected chi connectivity index (χ3v) is 3.45. The first-order valence-corrected chi connectivity index (χ1v) is 6.39. The van der Waals surface area contributed by atoms with Gasteiger partial charge in [-0.25, -0.2) is 9.97 Å². The first-order chi connectivity index (χ1) is 8.58. The SMILES string of the molecule is CN(C)C1CCCN(C(=O)c2cnc(Cl)cn2)C1. The fourth-order valence-electron chi connectivity index (χ4n) is 2.15. The summed E-state index contributed by atoms with van der Waals surface area (Å²) in [6.45, 7) is 1.53. The number of likely N-dealkylation sites (N-methyl/N-ethyl adjacent to an activating group) is 1. The van der Waals surface area contributed by atoms with Gasteiger partial charge in [-0.3, -0.25) is 4.79 Å². The van der Waals surface area contributed by atoms with Gasteiger partial charge in [0.25, 0.3) is 5.91 Å². The first kappa shape index (κ1) is 13.2. The predicted molar refractivity (Wildman–Crippen MR) is 69.7 cm³/mol. The van der Waals surface area contributed by atoms with Crippen LogP contribution in [0.4, 0.5) is 0 Å². The zero-order chi connectivity index (χ0) is 13.1. The zero-order valence-electron chi connectivity index (χ0n) is 10.6. The van der Waals surface area contributed by atoms with E-state index in [1.807, 2.05) is 19.0 Å². The van der Waals surface area contributed by atoms with Crippen LogP contribution in [-0.2, 0) is 0 Å². The van der Waals surface area contributed by atoms with Gasteiger partial charge in [0.05, 0.1) is 12.4 Å². The lowest BCUT2D eigenvalue weighted by atomic mass is 10.0. The minimum Gasteiger partial charge on any atom is -0.336 e. The molecule has 1 aromatic rings. The van der Waals surface area contributed by atoms with Crippen molar-refractivity contribution in [3.63, 3.8) is 0 Å². The fraction of sp³-hybridized carbons (Fsp3) is 0.583. The Labute approximate surface area is 112 Å². The van der Waals surface area contributed by atoms with Crippen LogP contribution in [0.1, 0.15) is 23.3 Å². The molecule has 1 atom stereocenters. The standard InChI is InChI=1S/C12H17ClN4O/c1-16(2)9-4-3-5-17(8-9)12(18)10-6-15-11(13)7-14-10/h6-7,9H,3-5,8H2,1-2H3. The third-order valence-electron chi connectivity index (χ3n) is 3.25. The van der Waals surface area contributed by atoms with Crippen molar-refractivity contribution in [2.24, 2.45) is 0 Å². The molecule has 2 heterocycles. The molecule has 0 spiro atoms. The van der Waals surface area contributed by atoms with Gasteiger partial charge in [0, 0.05) is 19.1 Å². The molecule has 0 aromatic carbocycles. The Morgan fingerprint density at radius 3 is 2.83 bits per heavy atom. The number of hydrogen-bond acceptors (Lipinski definition) is 4. The topological polar surface area (TPSA) is 49.3 Å². The lowest BCUT2D eigenvalue weighted by Crippen LogP contribution is -2.47. The number of halogens is 1. The number of aromatic nitrogens is 2. The molecule has 1 fully saturated rings. The monoisotopic (exact) mass is 268 g/mol. The average Bonchev–Trinajstić information content (AvgIpc) is 2.39. The maximum Gasteiger partial charge on any atom is 0.274 e. The van der Waals surface area contributed by atoms with Gasteiger partial charge in [-0.1, -0.05) is 11.6 Å². The van der Waals surface area contributed by atoms with Crippen molar-refractivity contribution in [3.8, 4) is 0 Å². The van der Waals surface area contributed by atoms with Crippen molar-refractivity contribution in [1.29, 1.82) is 0 Å². The molecular formula is C12H17ClN4O. The minimum absolute atomic E-state index is 0.0642. The van der Waals surface area contributed by atoms with Gasteiger partial charge >= 0.3 is 0 Å². The molecule has 2 rings (SSSR count). The number of hydrogen-bond donors (Lipinski definition) is 0. The molecule has 5 nitrogen and oxygen atoms in total. The fourth-order valence-corrected chi connectivity index (χ4v) is 2.24. The zero-order valence-corrected chi connectivity index (χ0v) is 11.4. The number of carbonyl (C=O) groups is 1. The van der Waals surface area contributed by atoms with E-state index in [1.54, 1.807) is 0 Å². The van der Waals surface area contributed by atoms with E-state index in [-0.39, 0.29) is 5.91 Å². The molecule has 1 aliphatic rings. The highest BCUT2D eigenvalue weighted by molar-refractivity contribution is 6.29. The van der Waals surface area contributed by atoms with Crippen LogP contribution >= 0.6 is 11.6 Å². The van der Waals surface area contributed by atoms with Crippen molar-refractivity contribution in [2.45, 2.75) is 18.9 Å². The Kier molecular flexibility index (Phi) is 4.14. The number of likely N-dealkylation sites (tertiary alicyclic amines) is 1. The molecule has 18 heavy (non-hydrogen) atoms. The molecule has 1 aromatic heterocycles. The Morgan fingerprint density at radius 1 is 1.44 bits per heavy atom. The molecule has 0 bridgehead atoms. The maximum absolute atomic E-state index is 12.2. The van der Waals surface area contributed by atoms with Crippen LogP contribution in [0.5, 0.6) is 0 Å².